The summed E-state index contributed by atoms with van der Waals surface area (Å²) in [4.78, 5) is 27.6. The van der Waals surface area contributed by atoms with Gasteiger partial charge in [0.25, 0.3) is 5.91 Å². The Bertz CT molecular complexity index is 1000. The van der Waals surface area contributed by atoms with Crippen LogP contribution in [0, 0.1) is 0 Å². The van der Waals surface area contributed by atoms with E-state index in [9.17, 15) is 4.79 Å². The Morgan fingerprint density at radius 3 is 3.10 bits per heavy atom. The van der Waals surface area contributed by atoms with E-state index in [2.05, 4.69) is 33.3 Å². The molecule has 0 spiro atoms. The van der Waals surface area contributed by atoms with Crippen LogP contribution in [0.1, 0.15) is 46.3 Å². The first-order valence-corrected chi connectivity index (χ1v) is 10.1. The summed E-state index contributed by atoms with van der Waals surface area (Å²) in [6.45, 7) is 1.62. The number of hydrogen-bond donors (Lipinski definition) is 2. The molecule has 1 aliphatic rings. The SMILES string of the molecule is COCCNC(=O)c1cccc2[nH]c(CN(C)C3CCCc4cccnc43)nc12. The molecule has 0 saturated heterocycles. The van der Waals surface area contributed by atoms with Gasteiger partial charge in [-0.15, -0.1) is 0 Å². The standard InChI is InChI=1S/C22H27N5O2/c1-27(18-10-3-6-15-7-5-11-23-20(15)18)14-19-25-17-9-4-8-16(21(17)26-19)22(28)24-12-13-29-2/h4-5,7-9,11,18H,3,6,10,12-14H2,1-2H3,(H,24,28)(H,25,26). The van der Waals surface area contributed by atoms with Crippen LogP contribution < -0.4 is 5.32 Å². The zero-order valence-corrected chi connectivity index (χ0v) is 16.9. The molecule has 152 valence electrons. The average Bonchev–Trinajstić information content (AvgIpc) is 3.15. The van der Waals surface area contributed by atoms with E-state index in [0.29, 0.717) is 30.8 Å². The third kappa shape index (κ3) is 4.16. The summed E-state index contributed by atoms with van der Waals surface area (Å²) >= 11 is 0. The number of methoxy groups -OCH3 is 1. The van der Waals surface area contributed by atoms with Gasteiger partial charge in [0, 0.05) is 19.9 Å². The maximum Gasteiger partial charge on any atom is 0.253 e. The monoisotopic (exact) mass is 393 g/mol. The zero-order valence-electron chi connectivity index (χ0n) is 16.9. The molecule has 1 atom stereocenters. The van der Waals surface area contributed by atoms with Gasteiger partial charge in [-0.05, 0) is 50.1 Å². The topological polar surface area (TPSA) is 83.1 Å². The summed E-state index contributed by atoms with van der Waals surface area (Å²) in [7, 11) is 3.73. The van der Waals surface area contributed by atoms with Gasteiger partial charge in [0.15, 0.2) is 0 Å². The van der Waals surface area contributed by atoms with Gasteiger partial charge in [-0.1, -0.05) is 12.1 Å². The molecule has 2 heterocycles. The smallest absolute Gasteiger partial charge is 0.253 e. The fourth-order valence-corrected chi connectivity index (χ4v) is 4.06. The fourth-order valence-electron chi connectivity index (χ4n) is 4.06. The minimum Gasteiger partial charge on any atom is -0.383 e. The van der Waals surface area contributed by atoms with Gasteiger partial charge in [0.1, 0.15) is 11.3 Å². The van der Waals surface area contributed by atoms with E-state index >= 15 is 0 Å². The molecule has 7 heteroatoms. The Labute approximate surface area is 170 Å². The molecule has 1 aromatic carbocycles. The molecular weight excluding hydrogens is 366 g/mol. The normalized spacial score (nSPS) is 16.2. The van der Waals surface area contributed by atoms with E-state index in [1.165, 1.54) is 17.7 Å². The number of amides is 1. The number of para-hydroxylation sites is 1. The molecule has 1 amide bonds. The Balaban J connectivity index is 1.53. The molecule has 0 saturated carbocycles. The van der Waals surface area contributed by atoms with Crippen molar-refractivity contribution in [1.29, 1.82) is 0 Å². The van der Waals surface area contributed by atoms with Gasteiger partial charge >= 0.3 is 0 Å². The molecule has 0 bridgehead atoms. The Morgan fingerprint density at radius 2 is 2.24 bits per heavy atom. The molecule has 1 aliphatic carbocycles. The number of hydrogen-bond acceptors (Lipinski definition) is 5. The van der Waals surface area contributed by atoms with Crippen molar-refractivity contribution in [2.45, 2.75) is 31.8 Å². The van der Waals surface area contributed by atoms with Crippen LogP contribution in [0.5, 0.6) is 0 Å². The lowest BCUT2D eigenvalue weighted by molar-refractivity contribution is 0.0938. The molecule has 2 N–H and O–H groups in total. The van der Waals surface area contributed by atoms with E-state index in [1.807, 2.05) is 24.4 Å². The molecule has 7 nitrogen and oxygen atoms in total. The summed E-state index contributed by atoms with van der Waals surface area (Å²) in [6.07, 6.45) is 5.23. The number of aryl methyl sites for hydroxylation is 1. The summed E-state index contributed by atoms with van der Waals surface area (Å²) < 4.78 is 5.00. The van der Waals surface area contributed by atoms with Gasteiger partial charge in [-0.25, -0.2) is 4.98 Å². The first kappa shape index (κ1) is 19.5. The van der Waals surface area contributed by atoms with E-state index in [0.717, 1.165) is 24.2 Å². The van der Waals surface area contributed by atoms with Crippen molar-refractivity contribution < 1.29 is 9.53 Å². The van der Waals surface area contributed by atoms with Gasteiger partial charge < -0.3 is 15.0 Å². The second-order valence-corrected chi connectivity index (χ2v) is 7.50. The van der Waals surface area contributed by atoms with E-state index in [-0.39, 0.29) is 11.9 Å². The number of rotatable bonds is 7. The number of ether oxygens (including phenoxy) is 1. The summed E-state index contributed by atoms with van der Waals surface area (Å²) in [6, 6.07) is 10.1. The average molecular weight is 393 g/mol. The lowest BCUT2D eigenvalue weighted by Gasteiger charge is -2.31. The fraction of sp³-hybridized carbons (Fsp3) is 0.409. The van der Waals surface area contributed by atoms with Crippen LogP contribution in [0.3, 0.4) is 0 Å². The second kappa shape index (κ2) is 8.71. The van der Waals surface area contributed by atoms with Crippen LogP contribution in [0.2, 0.25) is 0 Å². The molecule has 3 aromatic rings. The van der Waals surface area contributed by atoms with E-state index in [1.54, 1.807) is 13.2 Å². The number of fused-ring (bicyclic) bond motifs is 2. The highest BCUT2D eigenvalue weighted by molar-refractivity contribution is 6.04. The van der Waals surface area contributed by atoms with E-state index in [4.69, 9.17) is 9.72 Å². The molecule has 0 radical (unpaired) electrons. The van der Waals surface area contributed by atoms with Crippen LogP contribution in [0.4, 0.5) is 0 Å². The van der Waals surface area contributed by atoms with Crippen molar-refractivity contribution in [2.75, 3.05) is 27.3 Å². The predicted molar refractivity (Wildman–Crippen MR) is 112 cm³/mol. The third-order valence-corrected chi connectivity index (χ3v) is 5.49. The lowest BCUT2D eigenvalue weighted by Crippen LogP contribution is -2.28. The first-order chi connectivity index (χ1) is 14.2. The number of nitrogens with zero attached hydrogens (tertiary/aromatic N) is 3. The molecule has 0 aliphatic heterocycles. The number of nitrogens with one attached hydrogen (secondary N) is 2. The minimum atomic E-state index is -0.135. The number of pyridine rings is 1. The molecule has 0 fully saturated rings. The van der Waals surface area contributed by atoms with Crippen LogP contribution in [0.15, 0.2) is 36.5 Å². The first-order valence-electron chi connectivity index (χ1n) is 10.1. The molecule has 2 aromatic heterocycles. The number of carbonyl (C=O) groups excluding carboxylic acids is 1. The zero-order chi connectivity index (χ0) is 20.2. The van der Waals surface area contributed by atoms with Crippen molar-refractivity contribution in [3.05, 3.63) is 59.2 Å². The number of benzene rings is 1. The van der Waals surface area contributed by atoms with E-state index < -0.39 is 0 Å². The van der Waals surface area contributed by atoms with Gasteiger partial charge in [-0.2, -0.15) is 0 Å². The van der Waals surface area contributed by atoms with Crippen LogP contribution in [0.25, 0.3) is 11.0 Å². The van der Waals surface area contributed by atoms with Gasteiger partial charge in [0.05, 0.1) is 36.0 Å². The Kier molecular flexibility index (Phi) is 5.87. The largest absolute Gasteiger partial charge is 0.383 e. The summed E-state index contributed by atoms with van der Waals surface area (Å²) in [5.74, 6) is 0.715. The van der Waals surface area contributed by atoms with Crippen molar-refractivity contribution in [3.63, 3.8) is 0 Å². The number of imidazole rings is 1. The highest BCUT2D eigenvalue weighted by Gasteiger charge is 2.25. The van der Waals surface area contributed by atoms with Crippen molar-refractivity contribution in [1.82, 2.24) is 25.2 Å². The number of H-pyrrole nitrogens is 1. The Morgan fingerprint density at radius 1 is 1.34 bits per heavy atom. The highest BCUT2D eigenvalue weighted by atomic mass is 16.5. The van der Waals surface area contributed by atoms with Gasteiger partial charge in [0.2, 0.25) is 0 Å². The number of aromatic nitrogens is 3. The molecule has 1 unspecified atom stereocenters. The molecule has 29 heavy (non-hydrogen) atoms. The number of aromatic amines is 1. The maximum absolute atomic E-state index is 12.5. The third-order valence-electron chi connectivity index (χ3n) is 5.49. The summed E-state index contributed by atoms with van der Waals surface area (Å²) in [5.41, 5.74) is 4.67. The lowest BCUT2D eigenvalue weighted by atomic mass is 9.91. The molecule has 4 rings (SSSR count). The second-order valence-electron chi connectivity index (χ2n) is 7.50. The highest BCUT2D eigenvalue weighted by Crippen LogP contribution is 2.32. The quantitative estimate of drug-likeness (QED) is 0.603. The van der Waals surface area contributed by atoms with Crippen LogP contribution in [-0.4, -0.2) is 53.1 Å². The maximum atomic E-state index is 12.5. The Hall–Kier alpha value is -2.77. The minimum absolute atomic E-state index is 0.135. The van der Waals surface area contributed by atoms with Crippen molar-refractivity contribution >= 4 is 16.9 Å². The van der Waals surface area contributed by atoms with Crippen molar-refractivity contribution in [2.24, 2.45) is 0 Å². The van der Waals surface area contributed by atoms with Gasteiger partial charge in [-0.3, -0.25) is 14.7 Å². The van der Waals surface area contributed by atoms with Crippen LogP contribution in [-0.2, 0) is 17.7 Å². The molecular formula is C22H27N5O2. The van der Waals surface area contributed by atoms with Crippen molar-refractivity contribution in [3.8, 4) is 0 Å². The predicted octanol–water partition coefficient (Wildman–Crippen LogP) is 2.84. The van der Waals surface area contributed by atoms with Crippen LogP contribution >= 0.6 is 0 Å². The number of carbonyl (C=O) groups is 1. The summed E-state index contributed by atoms with van der Waals surface area (Å²) in [5, 5.41) is 2.87.